The summed E-state index contributed by atoms with van der Waals surface area (Å²) in [7, 11) is 1.87. The molecule has 0 aliphatic heterocycles. The first-order valence-electron chi connectivity index (χ1n) is 6.17. The molecule has 0 saturated carbocycles. The number of nitrogens with one attached hydrogen (secondary N) is 1. The molecule has 1 rings (SSSR count). The van der Waals surface area contributed by atoms with Crippen LogP contribution in [0.1, 0.15) is 39.3 Å². The van der Waals surface area contributed by atoms with E-state index in [4.69, 9.17) is 5.73 Å². The lowest BCUT2D eigenvalue weighted by Gasteiger charge is -2.28. The Balaban J connectivity index is 2.98. The third-order valence-corrected chi connectivity index (χ3v) is 3.20. The molecule has 0 fully saturated rings. The quantitative estimate of drug-likeness (QED) is 0.705. The fraction of sp³-hybridized carbons (Fsp3) is 0.750. The van der Waals surface area contributed by atoms with E-state index in [2.05, 4.69) is 17.3 Å². The van der Waals surface area contributed by atoms with Crippen LogP contribution in [-0.4, -0.2) is 27.0 Å². The Hall–Kier alpha value is -1.23. The highest BCUT2D eigenvalue weighted by Crippen LogP contribution is 2.27. The van der Waals surface area contributed by atoms with Crippen molar-refractivity contribution >= 4 is 11.5 Å². The van der Waals surface area contributed by atoms with Crippen LogP contribution in [0.3, 0.4) is 0 Å². The maximum absolute atomic E-state index is 9.41. The largest absolute Gasteiger partial charge is 0.394 e. The minimum absolute atomic E-state index is 0.0667. The summed E-state index contributed by atoms with van der Waals surface area (Å²) in [4.78, 5) is 0. The number of aromatic nitrogens is 2. The van der Waals surface area contributed by atoms with Crippen molar-refractivity contribution in [2.75, 3.05) is 17.7 Å². The van der Waals surface area contributed by atoms with Crippen LogP contribution in [0.25, 0.3) is 0 Å². The molecule has 0 saturated heterocycles. The molecule has 1 aromatic rings. The van der Waals surface area contributed by atoms with Gasteiger partial charge in [-0.2, -0.15) is 5.10 Å². The van der Waals surface area contributed by atoms with Crippen LogP contribution in [0.5, 0.6) is 0 Å². The summed E-state index contributed by atoms with van der Waals surface area (Å²) >= 11 is 0. The van der Waals surface area contributed by atoms with E-state index >= 15 is 0 Å². The molecular formula is C12H24N4O. The zero-order chi connectivity index (χ0) is 13.1. The van der Waals surface area contributed by atoms with E-state index in [1.807, 2.05) is 20.9 Å². The molecule has 98 valence electrons. The van der Waals surface area contributed by atoms with Gasteiger partial charge in [0, 0.05) is 7.05 Å². The lowest BCUT2D eigenvalue weighted by Crippen LogP contribution is -2.38. The highest BCUT2D eigenvalue weighted by atomic mass is 16.3. The standard InChI is InChI=1S/C12H24N4O/c1-5-7-9-10(13)11(16(4)15-9)14-12(3,6-2)8-17/h14,17H,5-8,13H2,1-4H3. The number of aliphatic hydroxyl groups is 1. The van der Waals surface area contributed by atoms with E-state index < -0.39 is 0 Å². The summed E-state index contributed by atoms with van der Waals surface area (Å²) in [6.07, 6.45) is 2.71. The monoisotopic (exact) mass is 240 g/mol. The van der Waals surface area contributed by atoms with Gasteiger partial charge in [0.25, 0.3) is 0 Å². The second-order valence-corrected chi connectivity index (χ2v) is 4.78. The topological polar surface area (TPSA) is 76.1 Å². The predicted octanol–water partition coefficient (Wildman–Crippen LogP) is 1.53. The number of aryl methyl sites for hydroxylation is 2. The number of nitrogens with two attached hydrogens (primary N) is 1. The van der Waals surface area contributed by atoms with Gasteiger partial charge in [-0.3, -0.25) is 4.68 Å². The van der Waals surface area contributed by atoms with Crippen LogP contribution in [0.2, 0.25) is 0 Å². The lowest BCUT2D eigenvalue weighted by atomic mass is 10.0. The van der Waals surface area contributed by atoms with E-state index in [0.29, 0.717) is 5.69 Å². The fourth-order valence-electron chi connectivity index (χ4n) is 1.69. The SMILES string of the molecule is CCCc1nn(C)c(NC(C)(CC)CO)c1N. The number of nitrogen functional groups attached to an aromatic ring is 1. The van der Waals surface area contributed by atoms with E-state index in [-0.39, 0.29) is 12.1 Å². The zero-order valence-corrected chi connectivity index (χ0v) is 11.2. The second kappa shape index (κ2) is 5.40. The summed E-state index contributed by atoms with van der Waals surface area (Å²) < 4.78 is 1.75. The maximum Gasteiger partial charge on any atom is 0.148 e. The Labute approximate surface area is 103 Å². The highest BCUT2D eigenvalue weighted by Gasteiger charge is 2.24. The Morgan fingerprint density at radius 1 is 1.47 bits per heavy atom. The van der Waals surface area contributed by atoms with Crippen molar-refractivity contribution in [3.05, 3.63) is 5.69 Å². The van der Waals surface area contributed by atoms with Crippen LogP contribution in [0.15, 0.2) is 0 Å². The van der Waals surface area contributed by atoms with Crippen molar-refractivity contribution in [2.45, 2.75) is 45.6 Å². The molecule has 0 aromatic carbocycles. The average molecular weight is 240 g/mol. The number of aliphatic hydroxyl groups excluding tert-OH is 1. The number of nitrogens with zero attached hydrogens (tertiary/aromatic N) is 2. The number of hydrogen-bond donors (Lipinski definition) is 3. The van der Waals surface area contributed by atoms with Crippen molar-refractivity contribution < 1.29 is 5.11 Å². The third kappa shape index (κ3) is 2.91. The Morgan fingerprint density at radius 3 is 2.59 bits per heavy atom. The second-order valence-electron chi connectivity index (χ2n) is 4.78. The van der Waals surface area contributed by atoms with Crippen molar-refractivity contribution in [2.24, 2.45) is 7.05 Å². The van der Waals surface area contributed by atoms with Crippen LogP contribution in [0, 0.1) is 0 Å². The number of anilines is 2. The molecule has 0 amide bonds. The summed E-state index contributed by atoms with van der Waals surface area (Å²) in [5.74, 6) is 0.798. The summed E-state index contributed by atoms with van der Waals surface area (Å²) in [5, 5.41) is 17.1. The molecule has 0 aliphatic rings. The molecule has 0 bridgehead atoms. The first-order valence-corrected chi connectivity index (χ1v) is 6.17. The Kier molecular flexibility index (Phi) is 4.40. The first kappa shape index (κ1) is 13.8. The van der Waals surface area contributed by atoms with Gasteiger partial charge in [-0.1, -0.05) is 20.3 Å². The number of rotatable bonds is 6. The van der Waals surface area contributed by atoms with Crippen molar-refractivity contribution in [3.8, 4) is 0 Å². The molecule has 17 heavy (non-hydrogen) atoms. The summed E-state index contributed by atoms with van der Waals surface area (Å²) in [6, 6.07) is 0. The first-order chi connectivity index (χ1) is 7.97. The summed E-state index contributed by atoms with van der Waals surface area (Å²) in [5.41, 5.74) is 7.35. The molecule has 1 atom stereocenters. The Bertz CT molecular complexity index is 369. The molecule has 1 unspecified atom stereocenters. The van der Waals surface area contributed by atoms with Gasteiger partial charge in [0.1, 0.15) is 5.82 Å². The molecule has 0 aliphatic carbocycles. The van der Waals surface area contributed by atoms with E-state index in [9.17, 15) is 5.11 Å². The van der Waals surface area contributed by atoms with E-state index in [1.165, 1.54) is 0 Å². The zero-order valence-electron chi connectivity index (χ0n) is 11.2. The normalized spacial score (nSPS) is 14.6. The molecule has 0 spiro atoms. The van der Waals surface area contributed by atoms with Gasteiger partial charge >= 0.3 is 0 Å². The molecular weight excluding hydrogens is 216 g/mol. The van der Waals surface area contributed by atoms with Gasteiger partial charge in [0.15, 0.2) is 0 Å². The van der Waals surface area contributed by atoms with Crippen molar-refractivity contribution in [3.63, 3.8) is 0 Å². The van der Waals surface area contributed by atoms with Gasteiger partial charge in [0.2, 0.25) is 0 Å². The third-order valence-electron chi connectivity index (χ3n) is 3.20. The molecule has 5 heteroatoms. The number of hydrogen-bond acceptors (Lipinski definition) is 4. The maximum atomic E-state index is 9.41. The van der Waals surface area contributed by atoms with Crippen LogP contribution >= 0.6 is 0 Å². The average Bonchev–Trinajstić information content (AvgIpc) is 2.57. The highest BCUT2D eigenvalue weighted by molar-refractivity contribution is 5.66. The van der Waals surface area contributed by atoms with Gasteiger partial charge in [-0.05, 0) is 19.8 Å². The Morgan fingerprint density at radius 2 is 2.12 bits per heavy atom. The summed E-state index contributed by atoms with van der Waals surface area (Å²) in [6.45, 7) is 6.17. The minimum Gasteiger partial charge on any atom is -0.394 e. The predicted molar refractivity (Wildman–Crippen MR) is 71.0 cm³/mol. The molecule has 1 heterocycles. The minimum atomic E-state index is -0.356. The van der Waals surface area contributed by atoms with Gasteiger partial charge < -0.3 is 16.2 Å². The van der Waals surface area contributed by atoms with Gasteiger partial charge in [-0.15, -0.1) is 0 Å². The molecule has 1 aromatic heterocycles. The van der Waals surface area contributed by atoms with Crippen molar-refractivity contribution in [1.29, 1.82) is 0 Å². The molecule has 4 N–H and O–H groups in total. The van der Waals surface area contributed by atoms with Gasteiger partial charge in [-0.25, -0.2) is 0 Å². The van der Waals surface area contributed by atoms with Gasteiger partial charge in [0.05, 0.1) is 23.5 Å². The molecule has 5 nitrogen and oxygen atoms in total. The fourth-order valence-corrected chi connectivity index (χ4v) is 1.69. The lowest BCUT2D eigenvalue weighted by molar-refractivity contribution is 0.218. The van der Waals surface area contributed by atoms with Crippen molar-refractivity contribution in [1.82, 2.24) is 9.78 Å². The van der Waals surface area contributed by atoms with E-state index in [1.54, 1.807) is 4.68 Å². The van der Waals surface area contributed by atoms with Crippen LogP contribution < -0.4 is 11.1 Å². The van der Waals surface area contributed by atoms with Crippen LogP contribution in [0.4, 0.5) is 11.5 Å². The smallest absolute Gasteiger partial charge is 0.148 e. The molecule has 0 radical (unpaired) electrons. The van der Waals surface area contributed by atoms with E-state index in [0.717, 1.165) is 30.8 Å². The van der Waals surface area contributed by atoms with Crippen LogP contribution in [-0.2, 0) is 13.5 Å².